The lowest BCUT2D eigenvalue weighted by molar-refractivity contribution is 0.208. The first kappa shape index (κ1) is 14.9. The molecule has 0 aliphatic heterocycles. The predicted molar refractivity (Wildman–Crippen MR) is 75.9 cm³/mol. The summed E-state index contributed by atoms with van der Waals surface area (Å²) >= 11 is 2.98. The lowest BCUT2D eigenvalue weighted by Crippen LogP contribution is -2.07. The van der Waals surface area contributed by atoms with E-state index >= 15 is 0 Å². The van der Waals surface area contributed by atoms with Crippen LogP contribution in [0.3, 0.4) is 0 Å². The van der Waals surface area contributed by atoms with Gasteiger partial charge in [0.2, 0.25) is 0 Å². The Morgan fingerprint density at radius 2 is 1.90 bits per heavy atom. The fraction of sp³-hybridized carbons (Fsp3) is 0.200. The van der Waals surface area contributed by atoms with E-state index in [4.69, 9.17) is 4.74 Å². The number of aliphatic hydroxyl groups is 1. The summed E-state index contributed by atoms with van der Waals surface area (Å²) in [5, 5.41) is 10.2. The molecule has 0 bridgehead atoms. The van der Waals surface area contributed by atoms with Crippen molar-refractivity contribution in [2.24, 2.45) is 0 Å². The summed E-state index contributed by atoms with van der Waals surface area (Å²) < 4.78 is 33.0. The van der Waals surface area contributed by atoms with Gasteiger partial charge in [-0.05, 0) is 52.2 Å². The minimum Gasteiger partial charge on any atom is -0.496 e. The molecule has 2 aromatic carbocycles. The zero-order chi connectivity index (χ0) is 14.9. The third kappa shape index (κ3) is 2.69. The normalized spacial score (nSPS) is 12.3. The van der Waals surface area contributed by atoms with Gasteiger partial charge >= 0.3 is 0 Å². The van der Waals surface area contributed by atoms with Gasteiger partial charge in [-0.3, -0.25) is 0 Å². The Morgan fingerprint density at radius 3 is 2.55 bits per heavy atom. The molecule has 0 fully saturated rings. The standard InChI is InChI=1S/C15H13BrF2O2/c1-8-3-4-9(7-12(8)20-2)15(19)13-11(17)6-5-10(16)14(13)18/h3-7,15,19H,1-2H3. The van der Waals surface area contributed by atoms with Crippen molar-refractivity contribution in [3.05, 3.63) is 63.1 Å². The first-order valence-corrected chi connectivity index (χ1v) is 6.71. The van der Waals surface area contributed by atoms with Crippen molar-refractivity contribution in [3.8, 4) is 5.75 Å². The van der Waals surface area contributed by atoms with Crippen LogP contribution in [-0.2, 0) is 0 Å². The number of aliphatic hydroxyl groups excluding tert-OH is 1. The molecular formula is C15H13BrF2O2. The van der Waals surface area contributed by atoms with Gasteiger partial charge in [-0.15, -0.1) is 0 Å². The van der Waals surface area contributed by atoms with Gasteiger partial charge in [-0.2, -0.15) is 0 Å². The molecule has 1 atom stereocenters. The fourth-order valence-electron chi connectivity index (χ4n) is 1.97. The Kier molecular flexibility index (Phi) is 4.40. The maximum Gasteiger partial charge on any atom is 0.146 e. The van der Waals surface area contributed by atoms with Crippen LogP contribution in [-0.4, -0.2) is 12.2 Å². The van der Waals surface area contributed by atoms with Crippen LogP contribution in [0.2, 0.25) is 0 Å². The van der Waals surface area contributed by atoms with Gasteiger partial charge in [0.25, 0.3) is 0 Å². The predicted octanol–water partition coefficient (Wildman–Crippen LogP) is 4.13. The van der Waals surface area contributed by atoms with Gasteiger partial charge in [0, 0.05) is 0 Å². The van der Waals surface area contributed by atoms with E-state index in [1.165, 1.54) is 13.2 Å². The van der Waals surface area contributed by atoms with Gasteiger partial charge < -0.3 is 9.84 Å². The summed E-state index contributed by atoms with van der Waals surface area (Å²) in [6.45, 7) is 1.84. The van der Waals surface area contributed by atoms with Gasteiger partial charge in [0.1, 0.15) is 23.5 Å². The second-order valence-corrected chi connectivity index (χ2v) is 5.24. The summed E-state index contributed by atoms with van der Waals surface area (Å²) in [5.74, 6) is -1.05. The smallest absolute Gasteiger partial charge is 0.146 e. The van der Waals surface area contributed by atoms with Crippen LogP contribution < -0.4 is 4.74 Å². The quantitative estimate of drug-likeness (QED) is 0.850. The molecule has 0 spiro atoms. The number of aryl methyl sites for hydroxylation is 1. The van der Waals surface area contributed by atoms with Crippen molar-refractivity contribution in [1.82, 2.24) is 0 Å². The van der Waals surface area contributed by atoms with Crippen LogP contribution in [0.25, 0.3) is 0 Å². The van der Waals surface area contributed by atoms with E-state index in [0.29, 0.717) is 11.3 Å². The molecule has 1 unspecified atom stereocenters. The first-order chi connectivity index (χ1) is 9.45. The maximum absolute atomic E-state index is 14.0. The van der Waals surface area contributed by atoms with Crippen molar-refractivity contribution in [1.29, 1.82) is 0 Å². The zero-order valence-corrected chi connectivity index (χ0v) is 12.5. The van der Waals surface area contributed by atoms with E-state index in [1.807, 2.05) is 6.92 Å². The monoisotopic (exact) mass is 342 g/mol. The second-order valence-electron chi connectivity index (χ2n) is 4.39. The Bertz CT molecular complexity index is 644. The molecule has 1 N–H and O–H groups in total. The number of hydrogen-bond acceptors (Lipinski definition) is 2. The summed E-state index contributed by atoms with van der Waals surface area (Å²) in [6, 6.07) is 7.28. The largest absolute Gasteiger partial charge is 0.496 e. The highest BCUT2D eigenvalue weighted by Crippen LogP contribution is 2.32. The van der Waals surface area contributed by atoms with Crippen molar-refractivity contribution < 1.29 is 18.6 Å². The molecule has 0 heterocycles. The van der Waals surface area contributed by atoms with E-state index in [2.05, 4.69) is 15.9 Å². The fourth-order valence-corrected chi connectivity index (χ4v) is 2.31. The van der Waals surface area contributed by atoms with Crippen molar-refractivity contribution in [3.63, 3.8) is 0 Å². The molecule has 0 aliphatic rings. The third-order valence-corrected chi connectivity index (χ3v) is 3.71. The number of hydrogen-bond donors (Lipinski definition) is 1. The summed E-state index contributed by atoms with van der Waals surface area (Å²) in [4.78, 5) is 0. The van der Waals surface area contributed by atoms with Gasteiger partial charge in [0.05, 0.1) is 17.1 Å². The molecule has 0 aromatic heterocycles. The molecule has 2 aromatic rings. The van der Waals surface area contributed by atoms with E-state index in [9.17, 15) is 13.9 Å². The van der Waals surface area contributed by atoms with Crippen LogP contribution in [0.4, 0.5) is 8.78 Å². The van der Waals surface area contributed by atoms with Crippen LogP contribution >= 0.6 is 15.9 Å². The Labute approximate surface area is 124 Å². The molecule has 2 rings (SSSR count). The number of methoxy groups -OCH3 is 1. The first-order valence-electron chi connectivity index (χ1n) is 5.91. The highest BCUT2D eigenvalue weighted by Gasteiger charge is 2.22. The van der Waals surface area contributed by atoms with Crippen LogP contribution in [0.1, 0.15) is 22.8 Å². The highest BCUT2D eigenvalue weighted by atomic mass is 79.9. The molecule has 0 saturated carbocycles. The second kappa shape index (κ2) is 5.89. The lowest BCUT2D eigenvalue weighted by Gasteiger charge is -2.16. The van der Waals surface area contributed by atoms with Crippen LogP contribution in [0.5, 0.6) is 5.75 Å². The molecular weight excluding hydrogens is 330 g/mol. The summed E-state index contributed by atoms with van der Waals surface area (Å²) in [6.07, 6.45) is -1.40. The molecule has 0 aliphatic carbocycles. The SMILES string of the molecule is COc1cc(C(O)c2c(F)ccc(Br)c2F)ccc1C. The minimum atomic E-state index is -1.40. The lowest BCUT2D eigenvalue weighted by atomic mass is 9.99. The molecule has 2 nitrogen and oxygen atoms in total. The molecule has 20 heavy (non-hydrogen) atoms. The van der Waals surface area contributed by atoms with Crippen LogP contribution in [0, 0.1) is 18.6 Å². The van der Waals surface area contributed by atoms with Crippen LogP contribution in [0.15, 0.2) is 34.8 Å². The van der Waals surface area contributed by atoms with E-state index < -0.39 is 17.7 Å². The Hall–Kier alpha value is -1.46. The van der Waals surface area contributed by atoms with E-state index in [0.717, 1.165) is 11.6 Å². The number of halogens is 3. The van der Waals surface area contributed by atoms with Gasteiger partial charge in [0.15, 0.2) is 0 Å². The average Bonchev–Trinajstić information content (AvgIpc) is 2.43. The third-order valence-electron chi connectivity index (χ3n) is 3.10. The summed E-state index contributed by atoms with van der Waals surface area (Å²) in [7, 11) is 1.50. The summed E-state index contributed by atoms with van der Waals surface area (Å²) in [5.41, 5.74) is 0.854. The minimum absolute atomic E-state index is 0.104. The van der Waals surface area contributed by atoms with Crippen molar-refractivity contribution in [2.75, 3.05) is 7.11 Å². The van der Waals surface area contributed by atoms with Gasteiger partial charge in [-0.1, -0.05) is 12.1 Å². The van der Waals surface area contributed by atoms with E-state index in [1.54, 1.807) is 18.2 Å². The number of rotatable bonds is 3. The zero-order valence-electron chi connectivity index (χ0n) is 11.0. The Morgan fingerprint density at radius 1 is 1.20 bits per heavy atom. The number of ether oxygens (including phenoxy) is 1. The molecule has 106 valence electrons. The van der Waals surface area contributed by atoms with Gasteiger partial charge in [-0.25, -0.2) is 8.78 Å². The maximum atomic E-state index is 14.0. The molecule has 0 amide bonds. The average molecular weight is 343 g/mol. The Balaban J connectivity index is 2.51. The number of benzene rings is 2. The molecule has 0 radical (unpaired) electrons. The van der Waals surface area contributed by atoms with Crippen molar-refractivity contribution in [2.45, 2.75) is 13.0 Å². The molecule has 5 heteroatoms. The molecule has 0 saturated heterocycles. The van der Waals surface area contributed by atoms with Crippen molar-refractivity contribution >= 4 is 15.9 Å². The topological polar surface area (TPSA) is 29.5 Å². The highest BCUT2D eigenvalue weighted by molar-refractivity contribution is 9.10. The van der Waals surface area contributed by atoms with E-state index in [-0.39, 0.29) is 10.0 Å².